The molecule has 0 aromatic carbocycles. The van der Waals surface area contributed by atoms with Gasteiger partial charge in [0.05, 0.1) is 19.1 Å². The number of hydrogen-bond donors (Lipinski definition) is 1. The maximum absolute atomic E-state index is 12.6. The minimum Gasteiger partial charge on any atom is -0.468 e. The predicted octanol–water partition coefficient (Wildman–Crippen LogP) is 3.79. The minimum absolute atomic E-state index is 0.0207. The van der Waals surface area contributed by atoms with Crippen LogP contribution in [-0.4, -0.2) is 57.9 Å². The summed E-state index contributed by atoms with van der Waals surface area (Å²) < 4.78 is 15.7. The van der Waals surface area contributed by atoms with Crippen LogP contribution in [0.25, 0.3) is 0 Å². The zero-order chi connectivity index (χ0) is 22.7. The molecular weight excluding hydrogens is 390 g/mol. The molecule has 1 fully saturated rings. The Morgan fingerprint density at radius 1 is 1.13 bits per heavy atom. The molecule has 1 aromatic rings. The van der Waals surface area contributed by atoms with Crippen LogP contribution in [0.3, 0.4) is 0 Å². The highest BCUT2D eigenvalue weighted by atomic mass is 16.6. The maximum atomic E-state index is 12.6. The van der Waals surface area contributed by atoms with Crippen LogP contribution in [0.1, 0.15) is 66.5 Å². The number of nitrogens with one attached hydrogen (secondary N) is 1. The fourth-order valence-corrected chi connectivity index (χ4v) is 3.42. The first-order valence-corrected chi connectivity index (χ1v) is 10.1. The first kappa shape index (κ1) is 23.7. The molecule has 168 valence electrons. The van der Waals surface area contributed by atoms with Crippen molar-refractivity contribution in [3.8, 4) is 0 Å². The van der Waals surface area contributed by atoms with E-state index >= 15 is 0 Å². The molecule has 1 heterocycles. The van der Waals surface area contributed by atoms with Gasteiger partial charge in [0, 0.05) is 12.7 Å². The molecule has 2 atom stereocenters. The van der Waals surface area contributed by atoms with Crippen molar-refractivity contribution in [2.75, 3.05) is 13.7 Å². The Balaban J connectivity index is 2.04. The summed E-state index contributed by atoms with van der Waals surface area (Å²) in [5.74, 6) is -0.303. The van der Waals surface area contributed by atoms with Gasteiger partial charge in [-0.1, -0.05) is 0 Å². The number of H-pyrrole nitrogens is 1. The van der Waals surface area contributed by atoms with Gasteiger partial charge in [-0.15, -0.1) is 0 Å². The molecule has 9 nitrogen and oxygen atoms in total. The van der Waals surface area contributed by atoms with Crippen molar-refractivity contribution in [3.63, 3.8) is 0 Å². The lowest BCUT2D eigenvalue weighted by Gasteiger charge is -2.28. The van der Waals surface area contributed by atoms with E-state index in [0.717, 1.165) is 4.90 Å². The number of aromatic nitrogens is 2. The van der Waals surface area contributed by atoms with Gasteiger partial charge in [-0.25, -0.2) is 19.5 Å². The highest BCUT2D eigenvalue weighted by Crippen LogP contribution is 2.56. The fourth-order valence-electron chi connectivity index (χ4n) is 3.42. The Kier molecular flexibility index (Phi) is 6.83. The second kappa shape index (κ2) is 8.65. The molecule has 9 heteroatoms. The van der Waals surface area contributed by atoms with Crippen molar-refractivity contribution in [1.82, 2.24) is 14.9 Å². The second-order valence-corrected chi connectivity index (χ2v) is 9.57. The lowest BCUT2D eigenvalue weighted by molar-refractivity contribution is -0.144. The van der Waals surface area contributed by atoms with Crippen molar-refractivity contribution >= 4 is 18.2 Å². The van der Waals surface area contributed by atoms with Gasteiger partial charge in [0.25, 0.3) is 0 Å². The molecule has 0 radical (unpaired) electrons. The largest absolute Gasteiger partial charge is 0.468 e. The summed E-state index contributed by atoms with van der Waals surface area (Å²) in [6.45, 7) is 10.5. The molecule has 1 aliphatic rings. The number of aromatic amines is 1. The van der Waals surface area contributed by atoms with Crippen molar-refractivity contribution in [1.29, 1.82) is 0 Å². The average molecular weight is 424 g/mol. The number of methoxy groups -OCH3 is 1. The normalized spacial score (nSPS) is 21.0. The quantitative estimate of drug-likeness (QED) is 0.547. The number of amides is 2. The Morgan fingerprint density at radius 2 is 1.70 bits per heavy atom. The zero-order valence-corrected chi connectivity index (χ0v) is 18.9. The van der Waals surface area contributed by atoms with E-state index < -0.39 is 28.8 Å². The summed E-state index contributed by atoms with van der Waals surface area (Å²) in [5.41, 5.74) is -1.60. The van der Waals surface area contributed by atoms with E-state index in [4.69, 9.17) is 14.2 Å². The minimum atomic E-state index is -0.766. The fraction of sp³-hybridized carbons (Fsp3) is 0.714. The van der Waals surface area contributed by atoms with Gasteiger partial charge in [-0.2, -0.15) is 0 Å². The predicted molar refractivity (Wildman–Crippen MR) is 109 cm³/mol. The third-order valence-corrected chi connectivity index (χ3v) is 4.77. The summed E-state index contributed by atoms with van der Waals surface area (Å²) in [7, 11) is 1.36. The number of nitrogens with zero attached hydrogens (tertiary/aromatic N) is 2. The van der Waals surface area contributed by atoms with Crippen LogP contribution in [0, 0.1) is 5.92 Å². The van der Waals surface area contributed by atoms with Gasteiger partial charge >= 0.3 is 18.2 Å². The molecule has 0 saturated heterocycles. The molecule has 0 spiro atoms. The van der Waals surface area contributed by atoms with Crippen LogP contribution >= 0.6 is 0 Å². The van der Waals surface area contributed by atoms with Gasteiger partial charge in [0.1, 0.15) is 16.6 Å². The summed E-state index contributed by atoms with van der Waals surface area (Å²) in [5, 5.41) is 0. The van der Waals surface area contributed by atoms with E-state index in [1.165, 1.54) is 13.4 Å². The zero-order valence-electron chi connectivity index (χ0n) is 18.9. The summed E-state index contributed by atoms with van der Waals surface area (Å²) in [6.07, 6.45) is 3.45. The van der Waals surface area contributed by atoms with E-state index in [1.807, 2.05) is 0 Å². The molecule has 2 amide bonds. The SMILES string of the molecule is COC(=O)C1(c2c[nH]cn2)CC1CCCN(C(=O)OC(C)(C)C)C(=O)OC(C)(C)C. The molecule has 1 N–H and O–H groups in total. The molecule has 1 aromatic heterocycles. The van der Waals surface area contributed by atoms with Crippen molar-refractivity contribution in [3.05, 3.63) is 18.2 Å². The van der Waals surface area contributed by atoms with Crippen LogP contribution < -0.4 is 0 Å². The number of rotatable bonds is 6. The first-order chi connectivity index (χ1) is 13.8. The van der Waals surface area contributed by atoms with Crippen LogP contribution in [-0.2, 0) is 24.4 Å². The van der Waals surface area contributed by atoms with Crippen molar-refractivity contribution in [2.45, 2.75) is 77.4 Å². The van der Waals surface area contributed by atoms with Gasteiger partial charge in [0.2, 0.25) is 0 Å². The van der Waals surface area contributed by atoms with Crippen molar-refractivity contribution in [2.24, 2.45) is 5.92 Å². The van der Waals surface area contributed by atoms with Gasteiger partial charge in [-0.3, -0.25) is 4.79 Å². The third-order valence-electron chi connectivity index (χ3n) is 4.77. The number of carbonyl (C=O) groups excluding carboxylic acids is 3. The number of esters is 1. The van der Waals surface area contributed by atoms with E-state index in [-0.39, 0.29) is 18.4 Å². The maximum Gasteiger partial charge on any atom is 0.419 e. The van der Waals surface area contributed by atoms with Crippen LogP contribution in [0.15, 0.2) is 12.5 Å². The topological polar surface area (TPSA) is 111 Å². The second-order valence-electron chi connectivity index (χ2n) is 9.57. The van der Waals surface area contributed by atoms with Gasteiger partial charge in [-0.05, 0) is 66.7 Å². The average Bonchev–Trinajstić information content (AvgIpc) is 3.05. The van der Waals surface area contributed by atoms with Crippen molar-refractivity contribution < 1.29 is 28.6 Å². The van der Waals surface area contributed by atoms with E-state index in [2.05, 4.69) is 9.97 Å². The molecule has 1 saturated carbocycles. The van der Waals surface area contributed by atoms with E-state index in [0.29, 0.717) is 25.0 Å². The smallest absolute Gasteiger partial charge is 0.419 e. The molecule has 2 rings (SSSR count). The molecular formula is C21H33N3O6. The summed E-state index contributed by atoms with van der Waals surface area (Å²) in [6, 6.07) is 0. The van der Waals surface area contributed by atoms with Crippen LogP contribution in [0.4, 0.5) is 9.59 Å². The Morgan fingerprint density at radius 3 is 2.13 bits per heavy atom. The molecule has 0 bridgehead atoms. The third kappa shape index (κ3) is 5.73. The summed E-state index contributed by atoms with van der Waals surface area (Å²) in [4.78, 5) is 45.6. The molecule has 0 aliphatic heterocycles. The number of hydrogen-bond acceptors (Lipinski definition) is 7. The Hall–Kier alpha value is -2.58. The lowest BCUT2D eigenvalue weighted by atomic mass is 9.97. The van der Waals surface area contributed by atoms with E-state index in [1.54, 1.807) is 47.7 Å². The monoisotopic (exact) mass is 423 g/mol. The Bertz CT molecular complexity index is 735. The lowest BCUT2D eigenvalue weighted by Crippen LogP contribution is -2.44. The first-order valence-electron chi connectivity index (χ1n) is 10.1. The van der Waals surface area contributed by atoms with Crippen LogP contribution in [0.2, 0.25) is 0 Å². The number of ether oxygens (including phenoxy) is 3. The number of carbonyl (C=O) groups is 3. The molecule has 2 unspecified atom stereocenters. The summed E-state index contributed by atoms with van der Waals surface area (Å²) >= 11 is 0. The number of imide groups is 1. The Labute approximate surface area is 177 Å². The van der Waals surface area contributed by atoms with Crippen LogP contribution in [0.5, 0.6) is 0 Å². The molecule has 30 heavy (non-hydrogen) atoms. The highest BCUT2D eigenvalue weighted by Gasteiger charge is 2.63. The van der Waals surface area contributed by atoms with Gasteiger partial charge < -0.3 is 19.2 Å². The molecule has 1 aliphatic carbocycles. The number of imidazole rings is 1. The standard InChI is InChI=1S/C21H33N3O6/c1-19(2,3)29-17(26)24(18(27)30-20(4,5)6)10-8-9-14-11-21(14,16(25)28-7)15-12-22-13-23-15/h12-14H,8-11H2,1-7H3,(H,22,23). The highest BCUT2D eigenvalue weighted by molar-refractivity contribution is 5.88. The van der Waals surface area contributed by atoms with Gasteiger partial charge in [0.15, 0.2) is 0 Å². The van der Waals surface area contributed by atoms with E-state index in [9.17, 15) is 14.4 Å².